The molecule has 0 aromatic heterocycles. The third-order valence-corrected chi connectivity index (χ3v) is 3.73. The van der Waals surface area contributed by atoms with Gasteiger partial charge in [-0.05, 0) is 40.3 Å². The number of benzene rings is 2. The van der Waals surface area contributed by atoms with Gasteiger partial charge in [0.15, 0.2) is 0 Å². The number of nitrogens with zero attached hydrogens (tertiary/aromatic N) is 1. The number of halogens is 3. The Morgan fingerprint density at radius 2 is 1.46 bits per heavy atom. The fourth-order valence-corrected chi connectivity index (χ4v) is 2.26. The summed E-state index contributed by atoms with van der Waals surface area (Å²) < 4.78 is 38.4. The highest BCUT2D eigenvalue weighted by Gasteiger charge is 2.30. The molecule has 24 heavy (non-hydrogen) atoms. The van der Waals surface area contributed by atoms with Crippen LogP contribution < -0.4 is 0 Å². The summed E-state index contributed by atoms with van der Waals surface area (Å²) in [6.07, 6.45) is -1.17. The summed E-state index contributed by atoms with van der Waals surface area (Å²) in [6, 6.07) is 12.9. The number of rotatable bonds is 2. The summed E-state index contributed by atoms with van der Waals surface area (Å²) >= 11 is 0. The quantitative estimate of drug-likeness (QED) is 0.616. The van der Waals surface area contributed by atoms with Gasteiger partial charge < -0.3 is 0 Å². The van der Waals surface area contributed by atoms with Crippen LogP contribution in [0.3, 0.4) is 0 Å². The Balaban J connectivity index is 2.33. The number of hydrogen-bond acceptors (Lipinski definition) is 1. The minimum Gasteiger partial charge on any atom is -0.192 e. The van der Waals surface area contributed by atoms with E-state index < -0.39 is 11.7 Å². The zero-order valence-electron chi connectivity index (χ0n) is 13.8. The lowest BCUT2D eigenvalue weighted by Gasteiger charge is -2.18. The van der Waals surface area contributed by atoms with Gasteiger partial charge in [0.05, 0.1) is 17.2 Å². The zero-order valence-corrected chi connectivity index (χ0v) is 13.8. The lowest BCUT2D eigenvalue weighted by Crippen LogP contribution is -2.10. The Labute approximate surface area is 140 Å². The van der Waals surface area contributed by atoms with Gasteiger partial charge >= 0.3 is 6.18 Å². The van der Waals surface area contributed by atoms with Crippen molar-refractivity contribution in [1.29, 1.82) is 5.26 Å². The molecule has 0 atom stereocenters. The van der Waals surface area contributed by atoms with Crippen LogP contribution in [0.1, 0.15) is 48.6 Å². The molecule has 2 aromatic carbocycles. The maximum Gasteiger partial charge on any atom is 0.416 e. The third kappa shape index (κ3) is 4.26. The summed E-state index contributed by atoms with van der Waals surface area (Å²) in [5.74, 6) is 0. The molecule has 0 spiro atoms. The zero-order chi connectivity index (χ0) is 18.0. The average molecular weight is 329 g/mol. The van der Waals surface area contributed by atoms with Crippen molar-refractivity contribution in [2.45, 2.75) is 32.4 Å². The summed E-state index contributed by atoms with van der Waals surface area (Å²) in [5.41, 5.74) is 1.79. The van der Waals surface area contributed by atoms with Gasteiger partial charge in [0.25, 0.3) is 0 Å². The van der Waals surface area contributed by atoms with E-state index in [1.807, 2.05) is 30.3 Å². The standard InChI is InChI=1S/C20H18F3N/c1-19(2,3)17-9-5-14(6-10-17)4-7-15-12-18(20(21,22)23)11-8-16(15)13-24/h4-12H,1-3H3/b7-4+. The second kappa shape index (κ2) is 6.52. The SMILES string of the molecule is CC(C)(C)c1ccc(/C=C/c2cc(C(F)(F)F)ccc2C#N)cc1. The van der Waals surface area contributed by atoms with Crippen LogP contribution in [0.4, 0.5) is 13.2 Å². The highest BCUT2D eigenvalue weighted by Crippen LogP contribution is 2.31. The van der Waals surface area contributed by atoms with Crippen LogP contribution in [-0.2, 0) is 11.6 Å². The van der Waals surface area contributed by atoms with E-state index in [1.54, 1.807) is 12.2 Å². The van der Waals surface area contributed by atoms with E-state index in [1.165, 1.54) is 11.6 Å². The third-order valence-electron chi connectivity index (χ3n) is 3.73. The summed E-state index contributed by atoms with van der Waals surface area (Å²) in [5, 5.41) is 9.07. The number of alkyl halides is 3. The Bertz CT molecular complexity index is 786. The largest absolute Gasteiger partial charge is 0.416 e. The topological polar surface area (TPSA) is 23.8 Å². The normalized spacial score (nSPS) is 12.4. The number of hydrogen-bond donors (Lipinski definition) is 0. The van der Waals surface area contributed by atoms with Crippen LogP contribution in [0.15, 0.2) is 42.5 Å². The first-order chi connectivity index (χ1) is 11.1. The summed E-state index contributed by atoms with van der Waals surface area (Å²) in [7, 11) is 0. The average Bonchev–Trinajstić information content (AvgIpc) is 2.51. The van der Waals surface area contributed by atoms with E-state index >= 15 is 0 Å². The molecule has 0 amide bonds. The van der Waals surface area contributed by atoms with E-state index in [-0.39, 0.29) is 16.5 Å². The van der Waals surface area contributed by atoms with Crippen LogP contribution in [0, 0.1) is 11.3 Å². The van der Waals surface area contributed by atoms with E-state index in [2.05, 4.69) is 20.8 Å². The molecule has 0 aliphatic heterocycles. The summed E-state index contributed by atoms with van der Waals surface area (Å²) in [4.78, 5) is 0. The van der Waals surface area contributed by atoms with Crippen molar-refractivity contribution in [3.05, 3.63) is 70.3 Å². The molecule has 1 nitrogen and oxygen atoms in total. The van der Waals surface area contributed by atoms with Gasteiger partial charge in [-0.2, -0.15) is 18.4 Å². The van der Waals surface area contributed by atoms with Crippen molar-refractivity contribution < 1.29 is 13.2 Å². The lowest BCUT2D eigenvalue weighted by atomic mass is 9.86. The maximum atomic E-state index is 12.8. The fourth-order valence-electron chi connectivity index (χ4n) is 2.26. The molecule has 0 aliphatic carbocycles. The molecule has 0 aliphatic rings. The maximum absolute atomic E-state index is 12.8. The van der Waals surface area contributed by atoms with Crippen LogP contribution >= 0.6 is 0 Å². The predicted octanol–water partition coefficient (Wildman–Crippen LogP) is 6.04. The molecular weight excluding hydrogens is 311 g/mol. The van der Waals surface area contributed by atoms with E-state index in [0.717, 1.165) is 17.7 Å². The van der Waals surface area contributed by atoms with Gasteiger partial charge in [-0.15, -0.1) is 0 Å². The lowest BCUT2D eigenvalue weighted by molar-refractivity contribution is -0.137. The van der Waals surface area contributed by atoms with Gasteiger partial charge in [-0.3, -0.25) is 0 Å². The van der Waals surface area contributed by atoms with Crippen molar-refractivity contribution in [3.63, 3.8) is 0 Å². The molecule has 124 valence electrons. The summed E-state index contributed by atoms with van der Waals surface area (Å²) in [6.45, 7) is 6.33. The van der Waals surface area contributed by atoms with Gasteiger partial charge in [-0.25, -0.2) is 0 Å². The molecular formula is C20H18F3N. The van der Waals surface area contributed by atoms with Crippen LogP contribution in [0.25, 0.3) is 12.2 Å². The highest BCUT2D eigenvalue weighted by atomic mass is 19.4. The second-order valence-electron chi connectivity index (χ2n) is 6.62. The monoisotopic (exact) mass is 329 g/mol. The Kier molecular flexibility index (Phi) is 4.84. The van der Waals surface area contributed by atoms with Gasteiger partial charge in [0.2, 0.25) is 0 Å². The smallest absolute Gasteiger partial charge is 0.192 e. The Morgan fingerprint density at radius 1 is 0.875 bits per heavy atom. The fraction of sp³-hybridized carbons (Fsp3) is 0.250. The molecule has 0 N–H and O–H groups in total. The van der Waals surface area contributed by atoms with Gasteiger partial charge in [0, 0.05) is 0 Å². The molecule has 0 radical (unpaired) electrons. The molecule has 0 fully saturated rings. The first-order valence-corrected chi connectivity index (χ1v) is 7.51. The minimum atomic E-state index is -4.43. The molecule has 4 heteroatoms. The molecule has 0 saturated heterocycles. The van der Waals surface area contributed by atoms with Gasteiger partial charge in [-0.1, -0.05) is 57.2 Å². The van der Waals surface area contributed by atoms with Crippen molar-refractivity contribution in [1.82, 2.24) is 0 Å². The van der Waals surface area contributed by atoms with Crippen molar-refractivity contribution in [3.8, 4) is 6.07 Å². The highest BCUT2D eigenvalue weighted by molar-refractivity contribution is 5.73. The van der Waals surface area contributed by atoms with E-state index in [9.17, 15) is 13.2 Å². The van der Waals surface area contributed by atoms with Crippen molar-refractivity contribution in [2.75, 3.05) is 0 Å². The second-order valence-corrected chi connectivity index (χ2v) is 6.62. The number of nitriles is 1. The van der Waals surface area contributed by atoms with E-state index in [0.29, 0.717) is 0 Å². The molecule has 2 rings (SSSR count). The van der Waals surface area contributed by atoms with Crippen molar-refractivity contribution >= 4 is 12.2 Å². The minimum absolute atomic E-state index is 0.0390. The van der Waals surface area contributed by atoms with Crippen LogP contribution in [0.5, 0.6) is 0 Å². The molecule has 0 bridgehead atoms. The molecule has 2 aromatic rings. The Morgan fingerprint density at radius 3 is 1.96 bits per heavy atom. The van der Waals surface area contributed by atoms with Crippen molar-refractivity contribution in [2.24, 2.45) is 0 Å². The van der Waals surface area contributed by atoms with Crippen LogP contribution in [0.2, 0.25) is 0 Å². The molecule has 0 unspecified atom stereocenters. The first kappa shape index (κ1) is 17.8. The predicted molar refractivity (Wildman–Crippen MR) is 90.2 cm³/mol. The van der Waals surface area contributed by atoms with E-state index in [4.69, 9.17) is 5.26 Å². The molecule has 0 heterocycles. The van der Waals surface area contributed by atoms with Gasteiger partial charge in [0.1, 0.15) is 0 Å². The Hall–Kier alpha value is -2.54. The molecule has 0 saturated carbocycles. The van der Waals surface area contributed by atoms with Crippen LogP contribution in [-0.4, -0.2) is 0 Å². The first-order valence-electron chi connectivity index (χ1n) is 7.51.